The molecule has 48 heavy (non-hydrogen) atoms. The van der Waals surface area contributed by atoms with Crippen molar-refractivity contribution in [2.45, 2.75) is 193 Å². The average molecular weight is 703 g/mol. The smallest absolute Gasteiger partial charge is 0.393 e. The number of nitrogens with two attached hydrogens (primary N) is 1. The summed E-state index contributed by atoms with van der Waals surface area (Å²) < 4.78 is 22.0. The first-order chi connectivity index (χ1) is 23.3. The SMILES string of the molecule is CCCCCC/C=C\CCCCCCCC(O)CC(=O)NC(COP(=O)(O)OCCN)C(O)/C=C/CCCCCCCCCCCCC. The van der Waals surface area contributed by atoms with Gasteiger partial charge >= 0.3 is 7.82 Å². The summed E-state index contributed by atoms with van der Waals surface area (Å²) in [4.78, 5) is 22.6. The second-order valence-electron chi connectivity index (χ2n) is 13.3. The van der Waals surface area contributed by atoms with E-state index in [-0.39, 0.29) is 19.6 Å². The molecule has 4 atom stereocenters. The van der Waals surface area contributed by atoms with Crippen molar-refractivity contribution in [2.75, 3.05) is 19.8 Å². The molecule has 0 heterocycles. The van der Waals surface area contributed by atoms with Gasteiger partial charge in [0, 0.05) is 6.54 Å². The molecule has 0 bridgehead atoms. The van der Waals surface area contributed by atoms with Gasteiger partial charge in [-0.2, -0.15) is 0 Å². The van der Waals surface area contributed by atoms with Gasteiger partial charge in [0.15, 0.2) is 0 Å². The number of hydrogen-bond donors (Lipinski definition) is 5. The van der Waals surface area contributed by atoms with Crippen LogP contribution >= 0.6 is 7.82 Å². The van der Waals surface area contributed by atoms with Crippen LogP contribution in [0, 0.1) is 0 Å². The lowest BCUT2D eigenvalue weighted by Crippen LogP contribution is -2.46. The fraction of sp³-hybridized carbons (Fsp3) is 0.868. The van der Waals surface area contributed by atoms with Crippen LogP contribution in [0.1, 0.15) is 174 Å². The fourth-order valence-corrected chi connectivity index (χ4v) is 6.34. The van der Waals surface area contributed by atoms with E-state index in [1.807, 2.05) is 6.08 Å². The third-order valence-electron chi connectivity index (χ3n) is 8.58. The van der Waals surface area contributed by atoms with E-state index in [0.29, 0.717) is 6.42 Å². The first-order valence-electron chi connectivity index (χ1n) is 19.5. The topological polar surface area (TPSA) is 151 Å². The molecule has 1 amide bonds. The second-order valence-corrected chi connectivity index (χ2v) is 14.8. The largest absolute Gasteiger partial charge is 0.472 e. The van der Waals surface area contributed by atoms with Crippen molar-refractivity contribution in [2.24, 2.45) is 5.73 Å². The highest BCUT2D eigenvalue weighted by atomic mass is 31.2. The standard InChI is InChI=1S/C38H75N2O7P/c1-3-5-7-9-11-13-15-17-19-21-23-25-27-29-35(41)33-38(43)40-36(34-47-48(44,45)46-32-31-39)37(42)30-28-26-24-22-20-18-16-14-12-10-8-6-4-2/h13,15,28,30,35-37,41-42H,3-12,14,16-27,29,31-34,39H2,1-2H3,(H,40,43)(H,44,45)/b15-13-,30-28+. The van der Waals surface area contributed by atoms with E-state index in [1.54, 1.807) is 6.08 Å². The molecule has 6 N–H and O–H groups in total. The summed E-state index contributed by atoms with van der Waals surface area (Å²) in [6.45, 7) is 3.93. The molecule has 284 valence electrons. The van der Waals surface area contributed by atoms with Crippen LogP contribution in [0.4, 0.5) is 0 Å². The van der Waals surface area contributed by atoms with Crippen LogP contribution in [0.25, 0.3) is 0 Å². The Kier molecular flexibility index (Phi) is 33.6. The number of allylic oxidation sites excluding steroid dienone is 3. The Bertz CT molecular complexity index is 827. The summed E-state index contributed by atoms with van der Waals surface area (Å²) >= 11 is 0. The summed E-state index contributed by atoms with van der Waals surface area (Å²) in [5.74, 6) is -0.453. The second kappa shape index (κ2) is 34.4. The third kappa shape index (κ3) is 32.2. The number of aliphatic hydroxyl groups excluding tert-OH is 2. The number of phosphoric acid groups is 1. The average Bonchev–Trinajstić information content (AvgIpc) is 3.06. The van der Waals surface area contributed by atoms with Gasteiger partial charge in [-0.25, -0.2) is 4.57 Å². The maximum absolute atomic E-state index is 12.7. The van der Waals surface area contributed by atoms with E-state index in [9.17, 15) is 24.5 Å². The number of aliphatic hydroxyl groups is 2. The zero-order valence-electron chi connectivity index (χ0n) is 30.8. The zero-order chi connectivity index (χ0) is 35.6. The molecule has 0 rings (SSSR count). The lowest BCUT2D eigenvalue weighted by atomic mass is 10.0. The van der Waals surface area contributed by atoms with Gasteiger partial charge in [0.25, 0.3) is 0 Å². The van der Waals surface area contributed by atoms with Crippen LogP contribution in [0.5, 0.6) is 0 Å². The number of hydrogen-bond acceptors (Lipinski definition) is 7. The molecule has 0 aromatic carbocycles. The molecule has 0 saturated heterocycles. The summed E-state index contributed by atoms with van der Waals surface area (Å²) in [6.07, 6.45) is 34.0. The highest BCUT2D eigenvalue weighted by Gasteiger charge is 2.27. The van der Waals surface area contributed by atoms with Crippen LogP contribution in [-0.2, 0) is 18.4 Å². The molecular weight excluding hydrogens is 627 g/mol. The van der Waals surface area contributed by atoms with E-state index < -0.39 is 38.6 Å². The molecule has 0 aromatic rings. The molecule has 0 aliphatic rings. The van der Waals surface area contributed by atoms with Gasteiger partial charge in [0.1, 0.15) is 0 Å². The number of rotatable bonds is 36. The van der Waals surface area contributed by atoms with Crippen LogP contribution in [0.2, 0.25) is 0 Å². The van der Waals surface area contributed by atoms with Gasteiger partial charge in [0.05, 0.1) is 37.9 Å². The van der Waals surface area contributed by atoms with Gasteiger partial charge in [-0.15, -0.1) is 0 Å². The Balaban J connectivity index is 4.43. The summed E-state index contributed by atoms with van der Waals surface area (Å²) in [5.41, 5.74) is 5.34. The van der Waals surface area contributed by atoms with Crippen LogP contribution in [-0.4, -0.2) is 59.0 Å². The first kappa shape index (κ1) is 46.9. The van der Waals surface area contributed by atoms with Gasteiger partial charge in [-0.05, 0) is 44.9 Å². The first-order valence-corrected chi connectivity index (χ1v) is 21.0. The quantitative estimate of drug-likeness (QED) is 0.0246. The molecule has 0 radical (unpaired) electrons. The molecule has 0 saturated carbocycles. The van der Waals surface area contributed by atoms with Crippen LogP contribution in [0.15, 0.2) is 24.3 Å². The lowest BCUT2D eigenvalue weighted by Gasteiger charge is -2.24. The lowest BCUT2D eigenvalue weighted by molar-refractivity contribution is -0.124. The molecule has 0 fully saturated rings. The predicted molar refractivity (Wildman–Crippen MR) is 200 cm³/mol. The summed E-state index contributed by atoms with van der Waals surface area (Å²) in [7, 11) is -4.39. The van der Waals surface area contributed by atoms with E-state index in [1.165, 1.54) is 96.3 Å². The summed E-state index contributed by atoms with van der Waals surface area (Å²) in [6, 6.07) is -0.981. The fourth-order valence-electron chi connectivity index (χ4n) is 5.58. The maximum atomic E-state index is 12.7. The summed E-state index contributed by atoms with van der Waals surface area (Å²) in [5, 5.41) is 23.9. The van der Waals surface area contributed by atoms with Crippen molar-refractivity contribution >= 4 is 13.7 Å². The monoisotopic (exact) mass is 703 g/mol. The van der Waals surface area contributed by atoms with Crippen LogP contribution in [0.3, 0.4) is 0 Å². The number of amides is 1. The number of nitrogens with one attached hydrogen (secondary N) is 1. The molecule has 0 spiro atoms. The number of carbonyl (C=O) groups is 1. The highest BCUT2D eigenvalue weighted by molar-refractivity contribution is 7.47. The van der Waals surface area contributed by atoms with Crippen molar-refractivity contribution in [1.82, 2.24) is 5.32 Å². The van der Waals surface area contributed by atoms with Crippen LogP contribution < -0.4 is 11.1 Å². The van der Waals surface area contributed by atoms with Gasteiger partial charge < -0.3 is 26.2 Å². The van der Waals surface area contributed by atoms with E-state index in [0.717, 1.165) is 51.4 Å². The Labute approximate surface area is 294 Å². The molecule has 0 aliphatic carbocycles. The Morgan fingerprint density at radius 2 is 1.17 bits per heavy atom. The minimum atomic E-state index is -4.39. The van der Waals surface area contributed by atoms with Gasteiger partial charge in [-0.3, -0.25) is 13.8 Å². The van der Waals surface area contributed by atoms with Crippen molar-refractivity contribution in [1.29, 1.82) is 0 Å². The van der Waals surface area contributed by atoms with Crippen molar-refractivity contribution < 1.29 is 33.5 Å². The molecule has 4 unspecified atom stereocenters. The van der Waals surface area contributed by atoms with Gasteiger partial charge in [-0.1, -0.05) is 147 Å². The zero-order valence-corrected chi connectivity index (χ0v) is 31.7. The molecule has 9 nitrogen and oxygen atoms in total. The number of unbranched alkanes of at least 4 members (excludes halogenated alkanes) is 20. The number of phosphoric ester groups is 1. The van der Waals surface area contributed by atoms with E-state index in [2.05, 4.69) is 31.3 Å². The number of carbonyl (C=O) groups excluding carboxylic acids is 1. The third-order valence-corrected chi connectivity index (χ3v) is 9.56. The minimum Gasteiger partial charge on any atom is -0.393 e. The van der Waals surface area contributed by atoms with E-state index in [4.69, 9.17) is 14.8 Å². The Morgan fingerprint density at radius 3 is 1.69 bits per heavy atom. The Hall–Kier alpha value is -1.06. The molecule has 0 aromatic heterocycles. The van der Waals surface area contributed by atoms with Crippen molar-refractivity contribution in [3.8, 4) is 0 Å². The normalized spacial score (nSPS) is 15.2. The van der Waals surface area contributed by atoms with Crippen molar-refractivity contribution in [3.05, 3.63) is 24.3 Å². The highest BCUT2D eigenvalue weighted by Crippen LogP contribution is 2.43. The molecular formula is C38H75N2O7P. The molecule has 10 heteroatoms. The predicted octanol–water partition coefficient (Wildman–Crippen LogP) is 9.19. The minimum absolute atomic E-state index is 0.0486. The molecule has 0 aliphatic heterocycles. The van der Waals surface area contributed by atoms with E-state index >= 15 is 0 Å². The van der Waals surface area contributed by atoms with Gasteiger partial charge in [0.2, 0.25) is 5.91 Å². The maximum Gasteiger partial charge on any atom is 0.472 e. The van der Waals surface area contributed by atoms with Crippen molar-refractivity contribution in [3.63, 3.8) is 0 Å². The Morgan fingerprint density at radius 1 is 0.708 bits per heavy atom.